The van der Waals surface area contributed by atoms with Gasteiger partial charge < -0.3 is 10.0 Å². The molecule has 4 heteroatoms. The van der Waals surface area contributed by atoms with Crippen molar-refractivity contribution in [1.82, 2.24) is 4.90 Å². The van der Waals surface area contributed by atoms with Crippen LogP contribution >= 0.6 is 0 Å². The second-order valence-electron chi connectivity index (χ2n) is 4.45. The molecule has 1 amide bonds. The first kappa shape index (κ1) is 11.9. The molecule has 1 N–H and O–H groups in total. The number of carbonyl (C=O) groups is 1. The number of nitrogens with zero attached hydrogens (tertiary/aromatic N) is 1. The molecule has 1 fully saturated rings. The Kier molecular flexibility index (Phi) is 3.31. The Balaban J connectivity index is 2.15. The minimum Gasteiger partial charge on any atom is -0.507 e. The molecule has 0 saturated heterocycles. The normalized spacial score (nSPS) is 14.7. The van der Waals surface area contributed by atoms with Crippen molar-refractivity contribution in [3.63, 3.8) is 0 Å². The largest absolute Gasteiger partial charge is 0.507 e. The third-order valence-corrected chi connectivity index (χ3v) is 3.03. The van der Waals surface area contributed by atoms with Gasteiger partial charge in [-0.2, -0.15) is 0 Å². The molecule has 1 aliphatic carbocycles. The molecule has 0 spiro atoms. The maximum absolute atomic E-state index is 12.8. The van der Waals surface area contributed by atoms with E-state index in [0.717, 1.165) is 12.6 Å². The van der Waals surface area contributed by atoms with Gasteiger partial charge in [0.15, 0.2) is 0 Å². The van der Waals surface area contributed by atoms with Gasteiger partial charge in [-0.25, -0.2) is 4.39 Å². The first-order chi connectivity index (χ1) is 8.11. The van der Waals surface area contributed by atoms with Crippen molar-refractivity contribution in [1.29, 1.82) is 0 Å². The number of rotatable bonds is 4. The van der Waals surface area contributed by atoms with Gasteiger partial charge in [0.2, 0.25) is 0 Å². The predicted octanol–water partition coefficient (Wildman–Crippen LogP) is 2.40. The Labute approximate surface area is 99.9 Å². The van der Waals surface area contributed by atoms with Crippen molar-refractivity contribution in [3.8, 4) is 5.75 Å². The van der Waals surface area contributed by atoms with E-state index in [1.807, 2.05) is 6.92 Å². The molecule has 1 aromatic carbocycles. The minimum absolute atomic E-state index is 0.175. The lowest BCUT2D eigenvalue weighted by Gasteiger charge is -2.21. The summed E-state index contributed by atoms with van der Waals surface area (Å²) in [6.07, 6.45) is 2.33. The number of aromatic hydroxyl groups is 1. The number of hydrogen-bond acceptors (Lipinski definition) is 2. The number of benzene rings is 1. The van der Waals surface area contributed by atoms with Gasteiger partial charge in [-0.05, 0) is 37.8 Å². The highest BCUT2D eigenvalue weighted by Crippen LogP contribution is 2.30. The lowest BCUT2D eigenvalue weighted by Crippen LogP contribution is -2.32. The third kappa shape index (κ3) is 2.75. The summed E-state index contributed by atoms with van der Waals surface area (Å²) in [5.41, 5.74) is 0.175. The Morgan fingerprint density at radius 1 is 1.53 bits per heavy atom. The standard InChI is InChI=1S/C13H16FNO2/c1-2-15(8-9-3-4-9)13(17)11-6-5-10(14)7-12(11)16/h5-7,9,16H,2-4,8H2,1H3. The van der Waals surface area contributed by atoms with E-state index in [1.54, 1.807) is 4.90 Å². The summed E-state index contributed by atoms with van der Waals surface area (Å²) in [5.74, 6) is -0.452. The van der Waals surface area contributed by atoms with Crippen molar-refractivity contribution in [2.75, 3.05) is 13.1 Å². The lowest BCUT2D eigenvalue weighted by atomic mass is 10.1. The average Bonchev–Trinajstić information content (AvgIpc) is 3.09. The fraction of sp³-hybridized carbons (Fsp3) is 0.462. The number of phenols is 1. The van der Waals surface area contributed by atoms with Crippen LogP contribution in [0.15, 0.2) is 18.2 Å². The molecule has 0 bridgehead atoms. The van der Waals surface area contributed by atoms with E-state index in [1.165, 1.54) is 25.0 Å². The van der Waals surface area contributed by atoms with E-state index in [9.17, 15) is 14.3 Å². The van der Waals surface area contributed by atoms with Crippen LogP contribution in [0.5, 0.6) is 5.75 Å². The van der Waals surface area contributed by atoms with E-state index < -0.39 is 5.82 Å². The van der Waals surface area contributed by atoms with Crippen LogP contribution in [-0.2, 0) is 0 Å². The Morgan fingerprint density at radius 3 is 2.76 bits per heavy atom. The summed E-state index contributed by atoms with van der Waals surface area (Å²) in [6, 6.07) is 3.50. The highest BCUT2D eigenvalue weighted by atomic mass is 19.1. The third-order valence-electron chi connectivity index (χ3n) is 3.03. The van der Waals surface area contributed by atoms with Gasteiger partial charge in [0.25, 0.3) is 5.91 Å². The molecule has 0 aromatic heterocycles. The summed E-state index contributed by atoms with van der Waals surface area (Å²) in [6.45, 7) is 3.24. The van der Waals surface area contributed by atoms with E-state index in [-0.39, 0.29) is 17.2 Å². The fourth-order valence-electron chi connectivity index (χ4n) is 1.82. The number of amides is 1. The summed E-state index contributed by atoms with van der Waals surface area (Å²) < 4.78 is 12.8. The van der Waals surface area contributed by atoms with Crippen LogP contribution in [0.1, 0.15) is 30.1 Å². The monoisotopic (exact) mass is 237 g/mol. The van der Waals surface area contributed by atoms with E-state index in [2.05, 4.69) is 0 Å². The van der Waals surface area contributed by atoms with Crippen LogP contribution in [-0.4, -0.2) is 29.0 Å². The van der Waals surface area contributed by atoms with Crippen LogP contribution in [0.3, 0.4) is 0 Å². The van der Waals surface area contributed by atoms with Crippen molar-refractivity contribution in [3.05, 3.63) is 29.6 Å². The van der Waals surface area contributed by atoms with Crippen molar-refractivity contribution >= 4 is 5.91 Å². The van der Waals surface area contributed by atoms with Crippen molar-refractivity contribution in [2.24, 2.45) is 5.92 Å². The van der Waals surface area contributed by atoms with E-state index in [0.29, 0.717) is 12.5 Å². The first-order valence-electron chi connectivity index (χ1n) is 5.89. The van der Waals surface area contributed by atoms with Gasteiger partial charge in [0.1, 0.15) is 11.6 Å². The van der Waals surface area contributed by atoms with Gasteiger partial charge in [-0.15, -0.1) is 0 Å². The maximum Gasteiger partial charge on any atom is 0.257 e. The topological polar surface area (TPSA) is 40.5 Å². The average molecular weight is 237 g/mol. The Hall–Kier alpha value is -1.58. The summed E-state index contributed by atoms with van der Waals surface area (Å²) in [4.78, 5) is 13.8. The zero-order valence-electron chi connectivity index (χ0n) is 9.82. The lowest BCUT2D eigenvalue weighted by molar-refractivity contribution is 0.0754. The van der Waals surface area contributed by atoms with Crippen molar-refractivity contribution in [2.45, 2.75) is 19.8 Å². The second-order valence-corrected chi connectivity index (χ2v) is 4.45. The van der Waals surface area contributed by atoms with Gasteiger partial charge in [0, 0.05) is 19.2 Å². The van der Waals surface area contributed by atoms with Gasteiger partial charge in [0.05, 0.1) is 5.56 Å². The van der Waals surface area contributed by atoms with Crippen molar-refractivity contribution < 1.29 is 14.3 Å². The molecule has 0 aliphatic heterocycles. The maximum atomic E-state index is 12.8. The molecule has 0 radical (unpaired) electrons. The number of phenolic OH excluding ortho intramolecular Hbond substituents is 1. The molecule has 1 saturated carbocycles. The zero-order chi connectivity index (χ0) is 12.4. The molecule has 0 heterocycles. The van der Waals surface area contributed by atoms with E-state index >= 15 is 0 Å². The van der Waals surface area contributed by atoms with Crippen LogP contribution < -0.4 is 0 Å². The van der Waals surface area contributed by atoms with Crippen LogP contribution in [0.2, 0.25) is 0 Å². The molecule has 0 atom stereocenters. The molecule has 1 aromatic rings. The van der Waals surface area contributed by atoms with E-state index in [4.69, 9.17) is 0 Å². The molecule has 2 rings (SSSR count). The molecule has 3 nitrogen and oxygen atoms in total. The van der Waals surface area contributed by atoms with Crippen LogP contribution in [0, 0.1) is 11.7 Å². The molecule has 1 aliphatic rings. The SMILES string of the molecule is CCN(CC1CC1)C(=O)c1ccc(F)cc1O. The van der Waals surface area contributed by atoms with Crippen LogP contribution in [0.4, 0.5) is 4.39 Å². The Bertz CT molecular complexity index is 429. The quantitative estimate of drug-likeness (QED) is 0.873. The highest BCUT2D eigenvalue weighted by molar-refractivity contribution is 5.96. The summed E-state index contributed by atoms with van der Waals surface area (Å²) in [5, 5.41) is 9.57. The predicted molar refractivity (Wildman–Crippen MR) is 62.4 cm³/mol. The molecular weight excluding hydrogens is 221 g/mol. The number of carbonyl (C=O) groups excluding carboxylic acids is 1. The molecule has 17 heavy (non-hydrogen) atoms. The zero-order valence-corrected chi connectivity index (χ0v) is 9.82. The summed E-state index contributed by atoms with van der Waals surface area (Å²) in [7, 11) is 0. The second kappa shape index (κ2) is 4.73. The Morgan fingerprint density at radius 2 is 2.24 bits per heavy atom. The van der Waals surface area contributed by atoms with Crippen LogP contribution in [0.25, 0.3) is 0 Å². The molecule has 92 valence electrons. The smallest absolute Gasteiger partial charge is 0.257 e. The number of halogens is 1. The highest BCUT2D eigenvalue weighted by Gasteiger charge is 2.27. The first-order valence-corrected chi connectivity index (χ1v) is 5.89. The van der Waals surface area contributed by atoms with Gasteiger partial charge >= 0.3 is 0 Å². The van der Waals surface area contributed by atoms with Gasteiger partial charge in [-0.3, -0.25) is 4.79 Å². The van der Waals surface area contributed by atoms with Gasteiger partial charge in [-0.1, -0.05) is 0 Å². The molecular formula is C13H16FNO2. The summed E-state index contributed by atoms with van der Waals surface area (Å²) >= 11 is 0. The minimum atomic E-state index is -0.538. The fourth-order valence-corrected chi connectivity index (χ4v) is 1.82. The molecule has 0 unspecified atom stereocenters. The number of hydrogen-bond donors (Lipinski definition) is 1.